The zero-order chi connectivity index (χ0) is 16.9. The molecule has 0 radical (unpaired) electrons. The zero-order valence-electron chi connectivity index (χ0n) is 14.3. The molecule has 0 aromatic carbocycles. The van der Waals surface area contributed by atoms with Gasteiger partial charge in [0, 0.05) is 65.5 Å². The molecule has 2 aliphatic heterocycles. The second-order valence-electron chi connectivity index (χ2n) is 6.38. The molecule has 132 valence electrons. The van der Waals surface area contributed by atoms with E-state index in [-0.39, 0.29) is 12.5 Å². The molecule has 0 aliphatic carbocycles. The molecule has 0 saturated carbocycles. The molecule has 2 fully saturated rings. The van der Waals surface area contributed by atoms with Crippen LogP contribution in [-0.4, -0.2) is 96.8 Å². The number of aliphatic hydroxyl groups excluding tert-OH is 1. The number of carbonyl (C=O) groups is 1. The number of aromatic nitrogens is 2. The van der Waals surface area contributed by atoms with Gasteiger partial charge in [-0.25, -0.2) is 9.97 Å². The van der Waals surface area contributed by atoms with Crippen molar-refractivity contribution in [2.75, 3.05) is 75.8 Å². The van der Waals surface area contributed by atoms with Crippen LogP contribution in [0.2, 0.25) is 0 Å². The third-order valence-corrected chi connectivity index (χ3v) is 4.75. The van der Waals surface area contributed by atoms with E-state index in [1.807, 2.05) is 18.0 Å². The van der Waals surface area contributed by atoms with Gasteiger partial charge in [-0.2, -0.15) is 0 Å². The lowest BCUT2D eigenvalue weighted by atomic mass is 10.2. The van der Waals surface area contributed by atoms with E-state index >= 15 is 0 Å². The number of amides is 1. The fraction of sp³-hybridized carbons (Fsp3) is 0.688. The minimum absolute atomic E-state index is 0.124. The van der Waals surface area contributed by atoms with Crippen LogP contribution in [0.5, 0.6) is 0 Å². The molecule has 2 saturated heterocycles. The van der Waals surface area contributed by atoms with E-state index in [1.54, 1.807) is 11.2 Å². The predicted molar refractivity (Wildman–Crippen MR) is 92.2 cm³/mol. The Balaban J connectivity index is 1.61. The lowest BCUT2D eigenvalue weighted by Gasteiger charge is -2.36. The summed E-state index contributed by atoms with van der Waals surface area (Å²) in [5.41, 5.74) is 0. The summed E-state index contributed by atoms with van der Waals surface area (Å²) >= 11 is 0. The average molecular weight is 334 g/mol. The molecule has 8 heteroatoms. The Labute approximate surface area is 142 Å². The van der Waals surface area contributed by atoms with Gasteiger partial charge in [0.05, 0.1) is 6.54 Å². The molecule has 2 aliphatic rings. The summed E-state index contributed by atoms with van der Waals surface area (Å²) in [6.45, 7) is 6.89. The summed E-state index contributed by atoms with van der Waals surface area (Å²) in [7, 11) is 1.83. The van der Waals surface area contributed by atoms with Crippen molar-refractivity contribution in [3.8, 4) is 0 Å². The molecule has 0 atom stereocenters. The van der Waals surface area contributed by atoms with Gasteiger partial charge in [0.2, 0.25) is 5.91 Å². The van der Waals surface area contributed by atoms with E-state index in [0.29, 0.717) is 6.54 Å². The second-order valence-corrected chi connectivity index (χ2v) is 6.38. The van der Waals surface area contributed by atoms with Crippen molar-refractivity contribution in [3.05, 3.63) is 12.4 Å². The minimum Gasteiger partial charge on any atom is -0.396 e. The Bertz CT molecular complexity index is 561. The van der Waals surface area contributed by atoms with E-state index in [1.165, 1.54) is 0 Å². The molecule has 1 amide bonds. The summed E-state index contributed by atoms with van der Waals surface area (Å²) < 4.78 is 0. The number of rotatable bonds is 5. The number of anilines is 2. The van der Waals surface area contributed by atoms with E-state index in [0.717, 1.165) is 63.9 Å². The third-order valence-electron chi connectivity index (χ3n) is 4.75. The lowest BCUT2D eigenvalue weighted by molar-refractivity contribution is -0.129. The van der Waals surface area contributed by atoms with Gasteiger partial charge < -0.3 is 19.8 Å². The monoisotopic (exact) mass is 334 g/mol. The number of piperazine rings is 2. The Morgan fingerprint density at radius 2 is 1.71 bits per heavy atom. The second kappa shape index (κ2) is 7.76. The van der Waals surface area contributed by atoms with Gasteiger partial charge in [-0.3, -0.25) is 9.69 Å². The molecule has 8 nitrogen and oxygen atoms in total. The maximum atomic E-state index is 11.9. The quantitative estimate of drug-likeness (QED) is 0.760. The summed E-state index contributed by atoms with van der Waals surface area (Å²) in [6.07, 6.45) is 2.42. The van der Waals surface area contributed by atoms with E-state index in [9.17, 15) is 4.79 Å². The highest BCUT2D eigenvalue weighted by Gasteiger charge is 2.23. The number of nitrogens with zero attached hydrogens (tertiary/aromatic N) is 6. The highest BCUT2D eigenvalue weighted by molar-refractivity contribution is 5.82. The SMILES string of the molecule is CN1CCN(c2cc(N3CCN(CCCO)CC3)ncn2)CC1=O. The fourth-order valence-corrected chi connectivity index (χ4v) is 3.13. The molecular formula is C16H26N6O2. The molecule has 24 heavy (non-hydrogen) atoms. The molecule has 1 aromatic rings. The largest absolute Gasteiger partial charge is 0.396 e. The van der Waals surface area contributed by atoms with Crippen LogP contribution in [0.1, 0.15) is 6.42 Å². The van der Waals surface area contributed by atoms with Crippen LogP contribution >= 0.6 is 0 Å². The van der Waals surface area contributed by atoms with Crippen LogP contribution in [0.15, 0.2) is 12.4 Å². The topological polar surface area (TPSA) is 76.0 Å². The van der Waals surface area contributed by atoms with Gasteiger partial charge in [0.15, 0.2) is 0 Å². The standard InChI is InChI=1S/C16H26N6O2/c1-19-4-7-22(12-16(19)24)15-11-14(17-13-18-15)21-8-5-20(6-9-21)3-2-10-23/h11,13,23H,2-10,12H2,1H3. The number of carbonyl (C=O) groups excluding carboxylic acids is 1. The third kappa shape index (κ3) is 3.93. The number of aliphatic hydroxyl groups is 1. The van der Waals surface area contributed by atoms with Gasteiger partial charge in [-0.15, -0.1) is 0 Å². The van der Waals surface area contributed by atoms with Crippen LogP contribution in [0.3, 0.4) is 0 Å². The number of hydrogen-bond acceptors (Lipinski definition) is 7. The molecule has 1 aromatic heterocycles. The summed E-state index contributed by atoms with van der Waals surface area (Å²) in [5.74, 6) is 1.87. The van der Waals surface area contributed by atoms with Crippen molar-refractivity contribution < 1.29 is 9.90 Å². The van der Waals surface area contributed by atoms with Crippen molar-refractivity contribution >= 4 is 17.5 Å². The van der Waals surface area contributed by atoms with Gasteiger partial charge in [-0.05, 0) is 6.42 Å². The predicted octanol–water partition coefficient (Wildman–Crippen LogP) is -0.741. The highest BCUT2D eigenvalue weighted by Crippen LogP contribution is 2.20. The van der Waals surface area contributed by atoms with Gasteiger partial charge in [-0.1, -0.05) is 0 Å². The molecule has 0 unspecified atom stereocenters. The molecule has 1 N–H and O–H groups in total. The first-order chi connectivity index (χ1) is 11.7. The van der Waals surface area contributed by atoms with Gasteiger partial charge in [0.25, 0.3) is 0 Å². The van der Waals surface area contributed by atoms with Crippen LogP contribution in [-0.2, 0) is 4.79 Å². The lowest BCUT2D eigenvalue weighted by Crippen LogP contribution is -2.49. The van der Waals surface area contributed by atoms with E-state index in [2.05, 4.69) is 19.8 Å². The Morgan fingerprint density at radius 3 is 2.38 bits per heavy atom. The van der Waals surface area contributed by atoms with Crippen LogP contribution in [0, 0.1) is 0 Å². The van der Waals surface area contributed by atoms with Crippen molar-refractivity contribution in [1.82, 2.24) is 19.8 Å². The average Bonchev–Trinajstić information content (AvgIpc) is 2.63. The molecule has 3 rings (SSSR count). The van der Waals surface area contributed by atoms with Crippen LogP contribution in [0.4, 0.5) is 11.6 Å². The zero-order valence-corrected chi connectivity index (χ0v) is 14.3. The van der Waals surface area contributed by atoms with Gasteiger partial charge >= 0.3 is 0 Å². The number of likely N-dealkylation sites (N-methyl/N-ethyl adjacent to an activating group) is 1. The first-order valence-corrected chi connectivity index (χ1v) is 8.56. The molecule has 0 spiro atoms. The van der Waals surface area contributed by atoms with Crippen molar-refractivity contribution in [1.29, 1.82) is 0 Å². The van der Waals surface area contributed by atoms with Crippen LogP contribution in [0.25, 0.3) is 0 Å². The Morgan fingerprint density at radius 1 is 1.04 bits per heavy atom. The Hall–Kier alpha value is -1.93. The molecule has 3 heterocycles. The van der Waals surface area contributed by atoms with E-state index < -0.39 is 0 Å². The molecular weight excluding hydrogens is 308 g/mol. The normalized spacial score (nSPS) is 19.9. The minimum atomic E-state index is 0.124. The van der Waals surface area contributed by atoms with Crippen molar-refractivity contribution in [2.24, 2.45) is 0 Å². The molecule has 0 bridgehead atoms. The van der Waals surface area contributed by atoms with Gasteiger partial charge in [0.1, 0.15) is 18.0 Å². The van der Waals surface area contributed by atoms with Crippen LogP contribution < -0.4 is 9.80 Å². The fourth-order valence-electron chi connectivity index (χ4n) is 3.13. The van der Waals surface area contributed by atoms with Crippen molar-refractivity contribution in [2.45, 2.75) is 6.42 Å². The Kier molecular flexibility index (Phi) is 5.47. The maximum Gasteiger partial charge on any atom is 0.241 e. The van der Waals surface area contributed by atoms with Crippen molar-refractivity contribution in [3.63, 3.8) is 0 Å². The highest BCUT2D eigenvalue weighted by atomic mass is 16.3. The summed E-state index contributed by atoms with van der Waals surface area (Å²) in [4.78, 5) is 29.1. The maximum absolute atomic E-state index is 11.9. The summed E-state index contributed by atoms with van der Waals surface area (Å²) in [5, 5.41) is 8.93. The first kappa shape index (κ1) is 16.9. The smallest absolute Gasteiger partial charge is 0.241 e. The number of hydrogen-bond donors (Lipinski definition) is 1. The van der Waals surface area contributed by atoms with E-state index in [4.69, 9.17) is 5.11 Å². The first-order valence-electron chi connectivity index (χ1n) is 8.56. The summed E-state index contributed by atoms with van der Waals surface area (Å²) in [6, 6.07) is 1.99.